The highest BCUT2D eigenvalue weighted by atomic mass is 32.1. The first kappa shape index (κ1) is 31.5. The number of methoxy groups -OCH3 is 1. The molecule has 0 aliphatic rings. The Labute approximate surface area is 255 Å². The third kappa shape index (κ3) is 8.32. The minimum atomic E-state index is -0.656. The van der Waals surface area contributed by atoms with Crippen molar-refractivity contribution in [1.29, 1.82) is 0 Å². The van der Waals surface area contributed by atoms with Crippen LogP contribution < -0.4 is 25.4 Å². The normalized spacial score (nSPS) is 12.2. The van der Waals surface area contributed by atoms with Crippen molar-refractivity contribution in [2.75, 3.05) is 17.7 Å². The highest BCUT2D eigenvalue weighted by Crippen LogP contribution is 2.40. The highest BCUT2D eigenvalue weighted by molar-refractivity contribution is 7.20. The van der Waals surface area contributed by atoms with E-state index in [0.717, 1.165) is 34.0 Å². The van der Waals surface area contributed by atoms with Gasteiger partial charge in [0, 0.05) is 41.1 Å². The van der Waals surface area contributed by atoms with Crippen molar-refractivity contribution in [3.8, 4) is 17.2 Å². The summed E-state index contributed by atoms with van der Waals surface area (Å²) in [5, 5.41) is 8.62. The molecule has 4 aromatic rings. The van der Waals surface area contributed by atoms with Crippen molar-refractivity contribution in [3.05, 3.63) is 77.7 Å². The average Bonchev–Trinajstić information content (AvgIpc) is 3.39. The molecule has 1 atom stereocenters. The summed E-state index contributed by atoms with van der Waals surface area (Å²) in [6.07, 6.45) is 5.40. The Morgan fingerprint density at radius 1 is 1.00 bits per heavy atom. The summed E-state index contributed by atoms with van der Waals surface area (Å²) >= 11 is 1.56. The number of nitrogens with zero attached hydrogens (tertiary/aromatic N) is 1. The van der Waals surface area contributed by atoms with E-state index in [-0.39, 0.29) is 11.4 Å². The predicted molar refractivity (Wildman–Crippen MR) is 171 cm³/mol. The first-order valence-corrected chi connectivity index (χ1v) is 15.0. The van der Waals surface area contributed by atoms with E-state index < -0.39 is 24.1 Å². The minimum absolute atomic E-state index is 0.00551. The Bertz CT molecular complexity index is 1620. The third-order valence-corrected chi connectivity index (χ3v) is 7.81. The van der Waals surface area contributed by atoms with Crippen LogP contribution >= 0.6 is 11.3 Å². The van der Waals surface area contributed by atoms with Gasteiger partial charge in [-0.15, -0.1) is 11.3 Å². The van der Waals surface area contributed by atoms with Crippen LogP contribution in [0.25, 0.3) is 15.8 Å². The molecular formula is C33H37FN4O4S. The van der Waals surface area contributed by atoms with Crippen LogP contribution in [-0.2, 0) is 9.59 Å². The van der Waals surface area contributed by atoms with Gasteiger partial charge in [-0.25, -0.2) is 4.39 Å². The number of aromatic nitrogens is 1. The van der Waals surface area contributed by atoms with Gasteiger partial charge in [-0.05, 0) is 62.1 Å². The highest BCUT2D eigenvalue weighted by Gasteiger charge is 2.18. The maximum Gasteiger partial charge on any atom is 0.233 e. The molecule has 0 bridgehead atoms. The number of halogens is 1. The number of carbonyl (C=O) groups excluding carboxylic acids is 2. The molecule has 10 heteroatoms. The minimum Gasteiger partial charge on any atom is -0.495 e. The number of allylic oxidation sites excluding steroid dienone is 1. The number of benzene rings is 2. The topological polar surface area (TPSA) is 102 Å². The summed E-state index contributed by atoms with van der Waals surface area (Å²) in [5.74, 6) is -0.449. The number of hydrogen-bond donors (Lipinski definition) is 3. The molecule has 2 amide bonds. The van der Waals surface area contributed by atoms with Crippen molar-refractivity contribution in [2.24, 2.45) is 5.92 Å². The number of ether oxygens (including phenoxy) is 2. The van der Waals surface area contributed by atoms with Crippen LogP contribution in [0.3, 0.4) is 0 Å². The van der Waals surface area contributed by atoms with Crippen molar-refractivity contribution in [2.45, 2.75) is 53.0 Å². The fraction of sp³-hybridized carbons (Fsp3) is 0.303. The van der Waals surface area contributed by atoms with E-state index >= 15 is 4.39 Å². The molecular weight excluding hydrogens is 567 g/mol. The molecule has 2 aromatic carbocycles. The quantitative estimate of drug-likeness (QED) is 0.134. The Balaban J connectivity index is 1.46. The molecule has 0 spiro atoms. The third-order valence-electron chi connectivity index (χ3n) is 6.62. The second-order valence-corrected chi connectivity index (χ2v) is 11.5. The number of nitrogens with one attached hydrogen (secondary N) is 3. The van der Waals surface area contributed by atoms with Crippen molar-refractivity contribution in [3.63, 3.8) is 0 Å². The summed E-state index contributed by atoms with van der Waals surface area (Å²) in [5.41, 5.74) is 2.63. The number of thiophene rings is 1. The Morgan fingerprint density at radius 3 is 2.49 bits per heavy atom. The van der Waals surface area contributed by atoms with E-state index in [0.29, 0.717) is 29.1 Å². The molecule has 226 valence electrons. The van der Waals surface area contributed by atoms with Gasteiger partial charge in [0.1, 0.15) is 17.9 Å². The first-order chi connectivity index (χ1) is 20.7. The average molecular weight is 605 g/mol. The molecule has 0 fully saturated rings. The monoisotopic (exact) mass is 604 g/mol. The first-order valence-electron chi connectivity index (χ1n) is 14.2. The largest absolute Gasteiger partial charge is 0.495 e. The Kier molecular flexibility index (Phi) is 10.7. The molecule has 43 heavy (non-hydrogen) atoms. The lowest BCUT2D eigenvalue weighted by molar-refractivity contribution is -0.123. The number of fused-ring (bicyclic) bond motifs is 1. The van der Waals surface area contributed by atoms with Crippen LogP contribution in [0.15, 0.2) is 67.0 Å². The zero-order chi connectivity index (χ0) is 30.9. The molecule has 8 nitrogen and oxygen atoms in total. The lowest BCUT2D eigenvalue weighted by Gasteiger charge is -2.16. The second kappa shape index (κ2) is 14.6. The van der Waals surface area contributed by atoms with Gasteiger partial charge in [0.15, 0.2) is 11.6 Å². The van der Waals surface area contributed by atoms with Crippen LogP contribution in [0.5, 0.6) is 17.2 Å². The Hall–Kier alpha value is -4.44. The van der Waals surface area contributed by atoms with E-state index in [1.807, 2.05) is 6.07 Å². The van der Waals surface area contributed by atoms with Gasteiger partial charge in [-0.1, -0.05) is 32.4 Å². The molecule has 4 rings (SSSR count). The molecule has 3 N–H and O–H groups in total. The number of hydrogen-bond acceptors (Lipinski definition) is 7. The molecule has 0 aliphatic carbocycles. The van der Waals surface area contributed by atoms with E-state index in [2.05, 4.69) is 54.8 Å². The SMILES string of the molecule is CCCC(C)/C(=C\NC(C)C)c1cc2nccc(Oc3ccc(NC(=O)CC(=O)Nc4ccccc4OC)cc3F)c2s1. The van der Waals surface area contributed by atoms with Crippen LogP contribution in [0.4, 0.5) is 15.8 Å². The van der Waals surface area contributed by atoms with Gasteiger partial charge in [-0.3, -0.25) is 14.6 Å². The van der Waals surface area contributed by atoms with Gasteiger partial charge in [0.2, 0.25) is 11.8 Å². The lowest BCUT2D eigenvalue weighted by Crippen LogP contribution is -2.21. The summed E-state index contributed by atoms with van der Waals surface area (Å²) in [4.78, 5) is 30.4. The van der Waals surface area contributed by atoms with Gasteiger partial charge in [0.05, 0.1) is 23.0 Å². The standard InChI is InChI=1S/C33H37FN4O4S/c1-6-9-21(4)23(19-36-20(2)3)30-17-26-33(43-30)29(14-15-35-26)42-27-13-12-22(16-24(27)34)37-31(39)18-32(40)38-25-10-7-8-11-28(25)41-5/h7-8,10-17,19-21,36H,6,9,18H2,1-5H3,(H,37,39)(H,38,40)/b23-19+. The lowest BCUT2D eigenvalue weighted by atomic mass is 9.95. The van der Waals surface area contributed by atoms with Crippen LogP contribution in [0, 0.1) is 11.7 Å². The van der Waals surface area contributed by atoms with Crippen molar-refractivity contribution < 1.29 is 23.5 Å². The van der Waals surface area contributed by atoms with Crippen LogP contribution in [0.1, 0.15) is 51.8 Å². The molecule has 0 aliphatic heterocycles. The van der Waals surface area contributed by atoms with Crippen LogP contribution in [-0.4, -0.2) is 29.9 Å². The molecule has 2 heterocycles. The molecule has 0 saturated heterocycles. The molecule has 1 unspecified atom stereocenters. The zero-order valence-corrected chi connectivity index (χ0v) is 25.8. The molecule has 0 radical (unpaired) electrons. The summed E-state index contributed by atoms with van der Waals surface area (Å²) < 4.78 is 27.1. The number of para-hydroxylation sites is 2. The summed E-state index contributed by atoms with van der Waals surface area (Å²) in [6, 6.07) is 15.1. The maximum atomic E-state index is 15.1. The van der Waals surface area contributed by atoms with Gasteiger partial charge in [-0.2, -0.15) is 0 Å². The van der Waals surface area contributed by atoms with Gasteiger partial charge < -0.3 is 25.4 Å². The van der Waals surface area contributed by atoms with E-state index in [9.17, 15) is 9.59 Å². The number of pyridine rings is 1. The number of rotatable bonds is 13. The van der Waals surface area contributed by atoms with E-state index in [4.69, 9.17) is 9.47 Å². The number of anilines is 2. The van der Waals surface area contributed by atoms with Gasteiger partial charge in [0.25, 0.3) is 0 Å². The fourth-order valence-electron chi connectivity index (χ4n) is 4.51. The summed E-state index contributed by atoms with van der Waals surface area (Å²) in [6.45, 7) is 8.59. The Morgan fingerprint density at radius 2 is 1.77 bits per heavy atom. The maximum absolute atomic E-state index is 15.1. The second-order valence-electron chi connectivity index (χ2n) is 10.5. The van der Waals surface area contributed by atoms with Crippen LogP contribution in [0.2, 0.25) is 0 Å². The zero-order valence-electron chi connectivity index (χ0n) is 25.0. The van der Waals surface area contributed by atoms with Crippen molar-refractivity contribution in [1.82, 2.24) is 10.3 Å². The number of carbonyl (C=O) groups is 2. The fourth-order valence-corrected chi connectivity index (χ4v) is 5.71. The number of amides is 2. The smallest absolute Gasteiger partial charge is 0.233 e. The van der Waals surface area contributed by atoms with E-state index in [1.165, 1.54) is 24.8 Å². The molecule has 2 aromatic heterocycles. The summed E-state index contributed by atoms with van der Waals surface area (Å²) in [7, 11) is 1.49. The molecule has 0 saturated carbocycles. The predicted octanol–water partition coefficient (Wildman–Crippen LogP) is 7.98. The van der Waals surface area contributed by atoms with E-state index in [1.54, 1.807) is 47.9 Å². The van der Waals surface area contributed by atoms with Gasteiger partial charge >= 0.3 is 0 Å². The van der Waals surface area contributed by atoms with Crippen molar-refractivity contribution >= 4 is 50.3 Å².